The summed E-state index contributed by atoms with van der Waals surface area (Å²) in [6, 6.07) is 9.67. The lowest BCUT2D eigenvalue weighted by atomic mass is 10.0. The topological polar surface area (TPSA) is 98.6 Å². The number of anilines is 1. The van der Waals surface area contributed by atoms with Crippen LogP contribution in [0.3, 0.4) is 0 Å². The van der Waals surface area contributed by atoms with Gasteiger partial charge in [0, 0.05) is 11.4 Å². The number of benzene rings is 1. The summed E-state index contributed by atoms with van der Waals surface area (Å²) in [4.78, 5) is 29.8. The number of carbonyl (C=O) groups is 1. The molecule has 6 nitrogen and oxygen atoms in total. The first kappa shape index (κ1) is 17.8. The number of nitriles is 1. The van der Waals surface area contributed by atoms with Crippen molar-refractivity contribution in [2.75, 3.05) is 11.1 Å². The van der Waals surface area contributed by atoms with Gasteiger partial charge in [0.1, 0.15) is 16.7 Å². The highest BCUT2D eigenvalue weighted by atomic mass is 32.2. The van der Waals surface area contributed by atoms with Crippen molar-refractivity contribution in [1.29, 1.82) is 5.26 Å². The smallest absolute Gasteiger partial charge is 0.325 e. The zero-order chi connectivity index (χ0) is 17.7. The Balaban J connectivity index is 2.06. The number of thioether (sulfide) groups is 1. The van der Waals surface area contributed by atoms with E-state index in [1.807, 2.05) is 30.3 Å². The van der Waals surface area contributed by atoms with Crippen LogP contribution >= 0.6 is 11.8 Å². The number of hydrogen-bond acceptors (Lipinski definition) is 5. The van der Waals surface area contributed by atoms with Gasteiger partial charge in [-0.1, -0.05) is 37.7 Å². The molecule has 2 N–H and O–H groups in total. The monoisotopic (exact) mass is 342 g/mol. The van der Waals surface area contributed by atoms with Crippen molar-refractivity contribution < 1.29 is 4.79 Å². The van der Waals surface area contributed by atoms with E-state index in [4.69, 9.17) is 5.26 Å². The van der Waals surface area contributed by atoms with Gasteiger partial charge in [0.25, 0.3) is 0 Å². The van der Waals surface area contributed by atoms with Gasteiger partial charge in [0.15, 0.2) is 0 Å². The summed E-state index contributed by atoms with van der Waals surface area (Å²) in [7, 11) is 0. The van der Waals surface area contributed by atoms with Crippen LogP contribution in [0, 0.1) is 18.3 Å². The Bertz CT molecular complexity index is 852. The number of nitrogens with one attached hydrogen (secondary N) is 2. The molecule has 24 heavy (non-hydrogen) atoms. The zero-order valence-electron chi connectivity index (χ0n) is 13.7. The van der Waals surface area contributed by atoms with Gasteiger partial charge in [0.2, 0.25) is 5.91 Å². The molecular formula is C17H18N4O2S. The Hall–Kier alpha value is -2.59. The zero-order valence-corrected chi connectivity index (χ0v) is 14.5. The molecule has 124 valence electrons. The molecule has 0 atom stereocenters. The van der Waals surface area contributed by atoms with Gasteiger partial charge >= 0.3 is 5.69 Å². The highest BCUT2D eigenvalue weighted by Gasteiger charge is 2.12. The molecule has 0 aliphatic heterocycles. The van der Waals surface area contributed by atoms with Crippen LogP contribution in [0.25, 0.3) is 0 Å². The Kier molecular flexibility index (Phi) is 5.77. The molecule has 2 rings (SSSR count). The van der Waals surface area contributed by atoms with Crippen molar-refractivity contribution in [2.24, 2.45) is 0 Å². The van der Waals surface area contributed by atoms with E-state index in [1.54, 1.807) is 6.92 Å². The van der Waals surface area contributed by atoms with E-state index in [9.17, 15) is 9.59 Å². The minimum atomic E-state index is -0.529. The van der Waals surface area contributed by atoms with E-state index in [-0.39, 0.29) is 22.2 Å². The number of H-pyrrole nitrogens is 1. The first-order valence-corrected chi connectivity index (χ1v) is 8.43. The van der Waals surface area contributed by atoms with Crippen molar-refractivity contribution >= 4 is 23.4 Å². The van der Waals surface area contributed by atoms with Crippen LogP contribution in [0.4, 0.5) is 5.69 Å². The van der Waals surface area contributed by atoms with Gasteiger partial charge in [-0.2, -0.15) is 10.2 Å². The van der Waals surface area contributed by atoms with Crippen LogP contribution in [0.15, 0.2) is 34.1 Å². The lowest BCUT2D eigenvalue weighted by Gasteiger charge is -2.09. The third kappa shape index (κ3) is 4.46. The van der Waals surface area contributed by atoms with Gasteiger partial charge in [-0.3, -0.25) is 4.79 Å². The van der Waals surface area contributed by atoms with E-state index >= 15 is 0 Å². The SMILES string of the molecule is Cc1[nH]c(=O)nc(SCC(=O)Nc2cccc(C(C)C)c2)c1C#N. The molecular weight excluding hydrogens is 324 g/mol. The fourth-order valence-electron chi connectivity index (χ4n) is 2.10. The minimum Gasteiger partial charge on any atom is -0.325 e. The molecule has 0 bridgehead atoms. The number of amides is 1. The highest BCUT2D eigenvalue weighted by Crippen LogP contribution is 2.21. The van der Waals surface area contributed by atoms with E-state index in [0.29, 0.717) is 11.6 Å². The molecule has 0 aliphatic rings. The first-order chi connectivity index (χ1) is 11.4. The number of carbonyl (C=O) groups excluding carboxylic acids is 1. The molecule has 0 saturated carbocycles. The van der Waals surface area contributed by atoms with E-state index in [2.05, 4.69) is 29.1 Å². The van der Waals surface area contributed by atoms with Crippen molar-refractivity contribution in [3.8, 4) is 6.07 Å². The summed E-state index contributed by atoms with van der Waals surface area (Å²) in [6.45, 7) is 5.80. The minimum absolute atomic E-state index is 0.0660. The fourth-order valence-corrected chi connectivity index (χ4v) is 2.93. The molecule has 1 aromatic carbocycles. The Morgan fingerprint density at radius 1 is 1.46 bits per heavy atom. The van der Waals surface area contributed by atoms with Gasteiger partial charge in [-0.05, 0) is 30.5 Å². The van der Waals surface area contributed by atoms with E-state index in [1.165, 1.54) is 0 Å². The third-order valence-electron chi connectivity index (χ3n) is 3.38. The maximum absolute atomic E-state index is 12.1. The van der Waals surface area contributed by atoms with Crippen LogP contribution in [0.1, 0.15) is 36.6 Å². The number of nitrogens with zero attached hydrogens (tertiary/aromatic N) is 2. The molecule has 0 radical (unpaired) electrons. The predicted molar refractivity (Wildman–Crippen MR) is 94.2 cm³/mol. The van der Waals surface area contributed by atoms with E-state index < -0.39 is 5.69 Å². The molecule has 0 saturated heterocycles. The van der Waals surface area contributed by atoms with Crippen LogP contribution in [0.5, 0.6) is 0 Å². The Morgan fingerprint density at radius 3 is 2.88 bits per heavy atom. The second-order valence-electron chi connectivity index (χ2n) is 5.58. The van der Waals surface area contributed by atoms with Gasteiger partial charge in [-0.25, -0.2) is 4.79 Å². The first-order valence-electron chi connectivity index (χ1n) is 7.44. The maximum atomic E-state index is 12.1. The predicted octanol–water partition coefficient (Wildman–Crippen LogP) is 2.80. The van der Waals surface area contributed by atoms with Gasteiger partial charge in [0.05, 0.1) is 5.75 Å². The normalized spacial score (nSPS) is 10.5. The molecule has 0 fully saturated rings. The lowest BCUT2D eigenvalue weighted by molar-refractivity contribution is -0.113. The number of aromatic nitrogens is 2. The van der Waals surface area contributed by atoms with Crippen LogP contribution in [0.2, 0.25) is 0 Å². The molecule has 0 spiro atoms. The number of hydrogen-bond donors (Lipinski definition) is 2. The molecule has 1 heterocycles. The summed E-state index contributed by atoms with van der Waals surface area (Å²) in [5, 5.41) is 12.2. The van der Waals surface area contributed by atoms with Crippen molar-refractivity contribution in [1.82, 2.24) is 9.97 Å². The average molecular weight is 342 g/mol. The summed E-state index contributed by atoms with van der Waals surface area (Å²) in [5.74, 6) is 0.221. The molecule has 1 amide bonds. The second kappa shape index (κ2) is 7.79. The molecule has 0 unspecified atom stereocenters. The average Bonchev–Trinajstić information content (AvgIpc) is 2.52. The van der Waals surface area contributed by atoms with Crippen LogP contribution in [-0.4, -0.2) is 21.6 Å². The van der Waals surface area contributed by atoms with Crippen LogP contribution in [-0.2, 0) is 4.79 Å². The number of aromatic amines is 1. The van der Waals surface area contributed by atoms with Crippen molar-refractivity contribution in [3.05, 3.63) is 51.6 Å². The molecule has 1 aromatic heterocycles. The lowest BCUT2D eigenvalue weighted by Crippen LogP contribution is -2.17. The summed E-state index contributed by atoms with van der Waals surface area (Å²) >= 11 is 1.07. The quantitative estimate of drug-likeness (QED) is 0.643. The molecule has 0 aliphatic carbocycles. The van der Waals surface area contributed by atoms with E-state index in [0.717, 1.165) is 23.0 Å². The number of aryl methyl sites for hydroxylation is 1. The highest BCUT2D eigenvalue weighted by molar-refractivity contribution is 8.00. The summed E-state index contributed by atoms with van der Waals surface area (Å²) in [6.07, 6.45) is 0. The summed E-state index contributed by atoms with van der Waals surface area (Å²) in [5.41, 5.74) is 2.07. The van der Waals surface area contributed by atoms with Gasteiger partial charge in [-0.15, -0.1) is 0 Å². The largest absolute Gasteiger partial charge is 0.346 e. The maximum Gasteiger partial charge on any atom is 0.346 e. The molecule has 7 heteroatoms. The fraction of sp³-hybridized carbons (Fsp3) is 0.294. The van der Waals surface area contributed by atoms with Crippen LogP contribution < -0.4 is 11.0 Å². The Labute approximate surface area is 144 Å². The van der Waals surface area contributed by atoms with Crippen molar-refractivity contribution in [2.45, 2.75) is 31.7 Å². The van der Waals surface area contributed by atoms with Gasteiger partial charge < -0.3 is 10.3 Å². The summed E-state index contributed by atoms with van der Waals surface area (Å²) < 4.78 is 0. The van der Waals surface area contributed by atoms with Crippen molar-refractivity contribution in [3.63, 3.8) is 0 Å². The Morgan fingerprint density at radius 2 is 2.21 bits per heavy atom. The standard InChI is InChI=1S/C17H18N4O2S/c1-10(2)12-5-4-6-13(7-12)20-15(22)9-24-16-14(8-18)11(3)19-17(23)21-16/h4-7,10H,9H2,1-3H3,(H,20,22)(H,19,21,23). The number of rotatable bonds is 5. The second-order valence-corrected chi connectivity index (χ2v) is 6.54. The third-order valence-corrected chi connectivity index (χ3v) is 4.35. The molecule has 2 aromatic rings.